The molecule has 1 aromatic heterocycles. The zero-order chi connectivity index (χ0) is 35.9. The molecule has 49 heavy (non-hydrogen) atoms. The summed E-state index contributed by atoms with van der Waals surface area (Å²) in [4.78, 5) is 13.4. The minimum atomic E-state index is -1.85. The van der Waals surface area contributed by atoms with E-state index >= 15 is 0 Å². The lowest BCUT2D eigenvalue weighted by molar-refractivity contribution is -0.323. The van der Waals surface area contributed by atoms with Crippen molar-refractivity contribution < 1.29 is 79.5 Å². The summed E-state index contributed by atoms with van der Waals surface area (Å²) in [5.41, 5.74) is -2.33. The molecule has 11 N–H and O–H groups in total. The van der Waals surface area contributed by atoms with Gasteiger partial charge in [-0.15, -0.1) is 0 Å². The number of hydrogen-bond acceptors (Lipinski definition) is 17. The van der Waals surface area contributed by atoms with Crippen molar-refractivity contribution in [3.05, 3.63) is 46.1 Å². The van der Waals surface area contributed by atoms with E-state index in [1.807, 2.05) is 0 Å². The lowest BCUT2D eigenvalue weighted by Gasteiger charge is -2.42. The van der Waals surface area contributed by atoms with Gasteiger partial charge in [0.1, 0.15) is 77.0 Å². The van der Waals surface area contributed by atoms with Crippen LogP contribution >= 0.6 is 0 Å². The maximum absolute atomic E-state index is 13.4. The Balaban J connectivity index is 1.57. The number of ether oxygens (including phenoxy) is 4. The molecule has 17 heteroatoms. The van der Waals surface area contributed by atoms with Gasteiger partial charge in [-0.1, -0.05) is 0 Å². The van der Waals surface area contributed by atoms with E-state index in [0.29, 0.717) is 0 Å². The van der Waals surface area contributed by atoms with Gasteiger partial charge in [-0.3, -0.25) is 4.79 Å². The van der Waals surface area contributed by atoms with E-state index in [4.69, 9.17) is 23.4 Å². The Labute approximate surface area is 278 Å². The summed E-state index contributed by atoms with van der Waals surface area (Å²) < 4.78 is 28.8. The Morgan fingerprint density at radius 3 is 1.90 bits per heavy atom. The topological polar surface area (TPSA) is 290 Å². The summed E-state index contributed by atoms with van der Waals surface area (Å²) in [6.45, 7) is 1.73. The summed E-state index contributed by atoms with van der Waals surface area (Å²) in [7, 11) is 0. The van der Waals surface area contributed by atoms with Gasteiger partial charge in [0.05, 0.1) is 18.8 Å². The van der Waals surface area contributed by atoms with Crippen molar-refractivity contribution in [3.8, 4) is 34.3 Å². The van der Waals surface area contributed by atoms with E-state index in [2.05, 4.69) is 0 Å². The average molecular weight is 697 g/mol. The molecule has 0 saturated carbocycles. The second-order valence-corrected chi connectivity index (χ2v) is 12.6. The minimum Gasteiger partial charge on any atom is -0.508 e. The molecule has 0 bridgehead atoms. The van der Waals surface area contributed by atoms with Gasteiger partial charge in [0.25, 0.3) is 0 Å². The highest BCUT2D eigenvalue weighted by Gasteiger charge is 2.47. The Bertz CT molecular complexity index is 1670. The Hall–Kier alpha value is -3.59. The van der Waals surface area contributed by atoms with E-state index in [0.717, 1.165) is 6.07 Å². The first-order valence-corrected chi connectivity index (χ1v) is 15.4. The number of aromatic hydroxyl groups is 3. The number of benzene rings is 2. The van der Waals surface area contributed by atoms with Crippen LogP contribution in [0.25, 0.3) is 22.3 Å². The summed E-state index contributed by atoms with van der Waals surface area (Å²) in [6.07, 6.45) is -16.3. The van der Waals surface area contributed by atoms with Gasteiger partial charge in [0.15, 0.2) is 12.1 Å². The Morgan fingerprint density at radius 1 is 0.776 bits per heavy atom. The molecule has 0 spiro atoms. The number of fused-ring (bicyclic) bond motifs is 1. The van der Waals surface area contributed by atoms with E-state index < -0.39 is 103 Å². The number of aliphatic hydroxyl groups is 8. The highest BCUT2D eigenvalue weighted by molar-refractivity contribution is 5.91. The molecule has 17 nitrogen and oxygen atoms in total. The quantitative estimate of drug-likeness (QED) is 0.112. The standard InChI is InChI=1S/C32H40O17/c1-32(2,49-31-27(44)24(41)21(38)18(11-34)47-31)8-7-14-16(45-30-26(43)23(40)20(37)17(10-33)46-30)9-15(36)19-22(39)25(42)28(48-29(14)19)12-3-5-13(35)6-4-12/h3-6,9,17-18,20-21,23-24,26-27,30-31,33-38,40-44H,7-8,10-11H2,1-2H3/t17-,18-,20-,21-,23-,24-,26-,27-,30-,31+/m0/s1. The van der Waals surface area contributed by atoms with E-state index in [1.54, 1.807) is 13.8 Å². The fourth-order valence-corrected chi connectivity index (χ4v) is 5.77. The molecule has 0 unspecified atom stereocenters. The molecule has 0 radical (unpaired) electrons. The third-order valence-electron chi connectivity index (χ3n) is 8.67. The Morgan fingerprint density at radius 2 is 1.33 bits per heavy atom. The summed E-state index contributed by atoms with van der Waals surface area (Å²) in [5, 5.41) is 112. The number of phenolic OH excluding ortho intramolecular Hbond substituents is 2. The second-order valence-electron chi connectivity index (χ2n) is 12.6. The lowest BCUT2D eigenvalue weighted by atomic mass is 9.94. The van der Waals surface area contributed by atoms with Crippen LogP contribution in [0.1, 0.15) is 25.8 Å². The third kappa shape index (κ3) is 7.19. The van der Waals surface area contributed by atoms with Crippen molar-refractivity contribution in [2.24, 2.45) is 0 Å². The van der Waals surface area contributed by atoms with Crippen molar-refractivity contribution in [3.63, 3.8) is 0 Å². The van der Waals surface area contributed by atoms with Crippen molar-refractivity contribution in [1.29, 1.82) is 0 Å². The summed E-state index contributed by atoms with van der Waals surface area (Å²) in [5.74, 6) is -2.25. The molecule has 3 heterocycles. The van der Waals surface area contributed by atoms with Crippen molar-refractivity contribution in [2.75, 3.05) is 13.2 Å². The maximum Gasteiger partial charge on any atom is 0.238 e. The number of phenols is 2. The smallest absolute Gasteiger partial charge is 0.238 e. The minimum absolute atomic E-state index is 0.00787. The molecule has 3 aromatic rings. The average Bonchev–Trinajstić information content (AvgIpc) is 3.06. The van der Waals surface area contributed by atoms with E-state index in [1.165, 1.54) is 24.3 Å². The molecule has 2 saturated heterocycles. The lowest BCUT2D eigenvalue weighted by Crippen LogP contribution is -2.60. The highest BCUT2D eigenvalue weighted by atomic mass is 16.7. The second kappa shape index (κ2) is 14.3. The van der Waals surface area contributed by atoms with Gasteiger partial charge in [0.2, 0.25) is 17.5 Å². The van der Waals surface area contributed by atoms with Gasteiger partial charge in [-0.05, 0) is 51.0 Å². The van der Waals surface area contributed by atoms with Gasteiger partial charge in [0, 0.05) is 17.2 Å². The molecule has 5 rings (SSSR count). The molecular formula is C32H40O17. The highest BCUT2D eigenvalue weighted by Crippen LogP contribution is 2.41. The van der Waals surface area contributed by atoms with Gasteiger partial charge in [-0.2, -0.15) is 0 Å². The number of hydrogen-bond donors (Lipinski definition) is 11. The molecule has 0 aliphatic carbocycles. The fraction of sp³-hybridized carbons (Fsp3) is 0.531. The van der Waals surface area contributed by atoms with Crippen LogP contribution in [0.3, 0.4) is 0 Å². The Kier molecular flexibility index (Phi) is 10.7. The molecule has 2 fully saturated rings. The molecule has 270 valence electrons. The molecular weight excluding hydrogens is 656 g/mol. The van der Waals surface area contributed by atoms with Crippen LogP contribution in [0.4, 0.5) is 0 Å². The predicted molar refractivity (Wildman–Crippen MR) is 165 cm³/mol. The largest absolute Gasteiger partial charge is 0.508 e. The van der Waals surface area contributed by atoms with E-state index in [9.17, 15) is 61.0 Å². The van der Waals surface area contributed by atoms with E-state index in [-0.39, 0.29) is 46.8 Å². The maximum atomic E-state index is 13.4. The number of aryl methyl sites for hydroxylation is 1. The molecule has 2 aromatic carbocycles. The number of aliphatic hydroxyl groups excluding tert-OH is 8. The zero-order valence-corrected chi connectivity index (χ0v) is 26.4. The first-order chi connectivity index (χ1) is 23.1. The van der Waals surface area contributed by atoms with Crippen LogP contribution in [-0.2, 0) is 20.6 Å². The molecule has 2 aliphatic rings. The van der Waals surface area contributed by atoms with Crippen LogP contribution in [0.15, 0.2) is 39.5 Å². The van der Waals surface area contributed by atoms with Gasteiger partial charge >= 0.3 is 0 Å². The van der Waals surface area contributed by atoms with Crippen molar-refractivity contribution in [2.45, 2.75) is 93.7 Å². The van der Waals surface area contributed by atoms with Crippen LogP contribution in [0.5, 0.6) is 23.0 Å². The van der Waals surface area contributed by atoms with Crippen molar-refractivity contribution >= 4 is 11.0 Å². The SMILES string of the molecule is CC(C)(CCc1c(O[C@H]2O[C@@H](CO)[C@H](O)[C@H](O)[C@@H]2O)cc(O)c2c(=O)c(O)c(-c3ccc(O)cc3)oc12)O[C@H]1O[C@@H](CO)[C@H](O)[C@H](O)[C@@H]1O. The van der Waals surface area contributed by atoms with Gasteiger partial charge < -0.3 is 79.5 Å². The normalized spacial score (nSPS) is 30.8. The molecule has 10 atom stereocenters. The summed E-state index contributed by atoms with van der Waals surface area (Å²) in [6, 6.07) is 6.29. The molecule has 0 amide bonds. The number of rotatable bonds is 10. The summed E-state index contributed by atoms with van der Waals surface area (Å²) >= 11 is 0. The first kappa shape index (κ1) is 36.7. The van der Waals surface area contributed by atoms with Crippen LogP contribution in [0.2, 0.25) is 0 Å². The predicted octanol–water partition coefficient (Wildman–Crippen LogP) is -1.72. The van der Waals surface area contributed by atoms with Crippen LogP contribution in [0, 0.1) is 0 Å². The molecule has 2 aliphatic heterocycles. The zero-order valence-electron chi connectivity index (χ0n) is 26.4. The monoisotopic (exact) mass is 696 g/mol. The van der Waals surface area contributed by atoms with Crippen molar-refractivity contribution in [1.82, 2.24) is 0 Å². The van der Waals surface area contributed by atoms with Crippen LogP contribution in [-0.4, -0.2) is 136 Å². The van der Waals surface area contributed by atoms with Crippen LogP contribution < -0.4 is 10.2 Å². The third-order valence-corrected chi connectivity index (χ3v) is 8.67. The first-order valence-electron chi connectivity index (χ1n) is 15.4. The van der Waals surface area contributed by atoms with Gasteiger partial charge in [-0.25, -0.2) is 0 Å². The fourth-order valence-electron chi connectivity index (χ4n) is 5.77.